The standard InChI is InChI=1S/C24H28N8O3/c33-23(20-13-22(27-16-26-20)30-10-4-5-11-30)31(18-6-2-1-3-7-18)14-17-15-32(29-28-17)19-8-9-25-21(12-19)24(34)35/h8-9,12-13,15-16,18H,1-7,10-11,14H2,(H,34,35). The minimum Gasteiger partial charge on any atom is -0.477 e. The first-order valence-electron chi connectivity index (χ1n) is 12.1. The molecule has 0 unspecified atom stereocenters. The van der Waals surface area contributed by atoms with Crippen LogP contribution in [-0.2, 0) is 6.54 Å². The van der Waals surface area contributed by atoms with Crippen LogP contribution in [-0.4, -0.2) is 71.0 Å². The molecule has 182 valence electrons. The first-order chi connectivity index (χ1) is 17.1. The van der Waals surface area contributed by atoms with Crippen LogP contribution in [0.15, 0.2) is 36.9 Å². The molecule has 1 saturated heterocycles. The Morgan fingerprint density at radius 1 is 1.00 bits per heavy atom. The van der Waals surface area contributed by atoms with Crippen LogP contribution in [0, 0.1) is 0 Å². The molecule has 0 radical (unpaired) electrons. The Bertz CT molecular complexity index is 1200. The van der Waals surface area contributed by atoms with Crippen molar-refractivity contribution in [2.24, 2.45) is 0 Å². The summed E-state index contributed by atoms with van der Waals surface area (Å²) in [5, 5.41) is 17.6. The van der Waals surface area contributed by atoms with Gasteiger partial charge in [-0.3, -0.25) is 4.79 Å². The quantitative estimate of drug-likeness (QED) is 0.547. The minimum atomic E-state index is -1.11. The molecule has 5 rings (SSSR count). The van der Waals surface area contributed by atoms with E-state index in [0.717, 1.165) is 57.4 Å². The predicted octanol–water partition coefficient (Wildman–Crippen LogP) is 2.73. The molecule has 2 fully saturated rings. The molecule has 0 bridgehead atoms. The first kappa shape index (κ1) is 22.9. The third-order valence-electron chi connectivity index (χ3n) is 6.68. The molecule has 1 aliphatic heterocycles. The van der Waals surface area contributed by atoms with Crippen molar-refractivity contribution in [2.45, 2.75) is 57.5 Å². The van der Waals surface area contributed by atoms with E-state index in [1.165, 1.54) is 29.7 Å². The lowest BCUT2D eigenvalue weighted by atomic mass is 9.94. The Hall–Kier alpha value is -3.89. The number of amides is 1. The van der Waals surface area contributed by atoms with E-state index < -0.39 is 5.97 Å². The van der Waals surface area contributed by atoms with E-state index in [1.807, 2.05) is 4.90 Å². The van der Waals surface area contributed by atoms with Gasteiger partial charge in [-0.1, -0.05) is 24.5 Å². The molecule has 0 atom stereocenters. The highest BCUT2D eigenvalue weighted by molar-refractivity contribution is 5.93. The zero-order chi connectivity index (χ0) is 24.2. The number of carboxylic acids is 1. The Balaban J connectivity index is 1.39. The van der Waals surface area contributed by atoms with Crippen LogP contribution < -0.4 is 4.90 Å². The third-order valence-corrected chi connectivity index (χ3v) is 6.68. The van der Waals surface area contributed by atoms with Crippen LogP contribution in [0.2, 0.25) is 0 Å². The second-order valence-corrected chi connectivity index (χ2v) is 9.04. The van der Waals surface area contributed by atoms with Gasteiger partial charge in [0.15, 0.2) is 0 Å². The highest BCUT2D eigenvalue weighted by Crippen LogP contribution is 2.26. The molecule has 3 aromatic heterocycles. The van der Waals surface area contributed by atoms with Crippen molar-refractivity contribution in [3.05, 3.63) is 54.0 Å². The Morgan fingerprint density at radius 3 is 2.57 bits per heavy atom. The van der Waals surface area contributed by atoms with E-state index in [4.69, 9.17) is 0 Å². The minimum absolute atomic E-state index is 0.0730. The Morgan fingerprint density at radius 2 is 1.80 bits per heavy atom. The molecule has 3 aromatic rings. The molecule has 2 aliphatic rings. The molecule has 11 nitrogen and oxygen atoms in total. The molecular formula is C24H28N8O3. The summed E-state index contributed by atoms with van der Waals surface area (Å²) < 4.78 is 1.50. The number of rotatable bonds is 7. The molecular weight excluding hydrogens is 448 g/mol. The van der Waals surface area contributed by atoms with Crippen LogP contribution in [0.3, 0.4) is 0 Å². The number of aromatic carboxylic acids is 1. The summed E-state index contributed by atoms with van der Waals surface area (Å²) in [5.41, 5.74) is 1.47. The highest BCUT2D eigenvalue weighted by Gasteiger charge is 2.29. The monoisotopic (exact) mass is 476 g/mol. The van der Waals surface area contributed by atoms with Crippen molar-refractivity contribution < 1.29 is 14.7 Å². The molecule has 35 heavy (non-hydrogen) atoms. The summed E-state index contributed by atoms with van der Waals surface area (Å²) in [6.45, 7) is 2.18. The number of nitrogens with zero attached hydrogens (tertiary/aromatic N) is 8. The van der Waals surface area contributed by atoms with Gasteiger partial charge in [-0.25, -0.2) is 24.4 Å². The fraction of sp³-hybridized carbons (Fsp3) is 0.458. The lowest BCUT2D eigenvalue weighted by molar-refractivity contribution is 0.0604. The van der Waals surface area contributed by atoms with Gasteiger partial charge in [-0.05, 0) is 37.8 Å². The van der Waals surface area contributed by atoms with Crippen molar-refractivity contribution in [1.82, 2.24) is 34.8 Å². The van der Waals surface area contributed by atoms with Crippen molar-refractivity contribution >= 4 is 17.7 Å². The predicted molar refractivity (Wildman–Crippen MR) is 126 cm³/mol. The fourth-order valence-corrected chi connectivity index (χ4v) is 4.84. The number of carbonyl (C=O) groups excluding carboxylic acids is 1. The molecule has 1 amide bonds. The van der Waals surface area contributed by atoms with Crippen molar-refractivity contribution in [2.75, 3.05) is 18.0 Å². The topological polar surface area (TPSA) is 130 Å². The van der Waals surface area contributed by atoms with Gasteiger partial charge in [0.1, 0.15) is 29.2 Å². The van der Waals surface area contributed by atoms with Crippen molar-refractivity contribution in [3.63, 3.8) is 0 Å². The van der Waals surface area contributed by atoms with Crippen molar-refractivity contribution in [1.29, 1.82) is 0 Å². The molecule has 4 heterocycles. The van der Waals surface area contributed by atoms with Gasteiger partial charge in [0.05, 0.1) is 18.4 Å². The number of carbonyl (C=O) groups is 2. The highest BCUT2D eigenvalue weighted by atomic mass is 16.4. The van der Waals surface area contributed by atoms with Gasteiger partial charge in [-0.15, -0.1) is 5.10 Å². The molecule has 0 spiro atoms. The van der Waals surface area contributed by atoms with E-state index in [0.29, 0.717) is 23.6 Å². The van der Waals surface area contributed by atoms with Crippen LogP contribution >= 0.6 is 0 Å². The number of aromatic nitrogens is 6. The fourth-order valence-electron chi connectivity index (χ4n) is 4.84. The number of hydrogen-bond acceptors (Lipinski definition) is 8. The van der Waals surface area contributed by atoms with Crippen LogP contribution in [0.4, 0.5) is 5.82 Å². The smallest absolute Gasteiger partial charge is 0.354 e. The van der Waals surface area contributed by atoms with E-state index in [2.05, 4.69) is 30.2 Å². The normalized spacial score (nSPS) is 16.4. The van der Waals surface area contributed by atoms with Crippen LogP contribution in [0.25, 0.3) is 5.69 Å². The zero-order valence-corrected chi connectivity index (χ0v) is 19.5. The van der Waals surface area contributed by atoms with Gasteiger partial charge >= 0.3 is 5.97 Å². The lowest BCUT2D eigenvalue weighted by Gasteiger charge is -2.33. The van der Waals surface area contributed by atoms with E-state index in [9.17, 15) is 14.7 Å². The van der Waals surface area contributed by atoms with Crippen LogP contribution in [0.1, 0.15) is 71.6 Å². The zero-order valence-electron chi connectivity index (χ0n) is 19.5. The Labute approximate surface area is 202 Å². The summed E-state index contributed by atoms with van der Waals surface area (Å²) in [4.78, 5) is 41.6. The summed E-state index contributed by atoms with van der Waals surface area (Å²) in [6.07, 6.45) is 12.1. The van der Waals surface area contributed by atoms with Gasteiger partial charge < -0.3 is 14.9 Å². The number of anilines is 1. The Kier molecular flexibility index (Phi) is 6.64. The lowest BCUT2D eigenvalue weighted by Crippen LogP contribution is -2.41. The first-order valence-corrected chi connectivity index (χ1v) is 12.1. The molecule has 11 heteroatoms. The SMILES string of the molecule is O=C(O)c1cc(-n2cc(CN(C(=O)c3cc(N4CCCC4)ncn3)C3CCCCC3)nn2)ccn1. The van der Waals surface area contributed by atoms with E-state index >= 15 is 0 Å². The summed E-state index contributed by atoms with van der Waals surface area (Å²) in [7, 11) is 0. The average Bonchev–Trinajstić information content (AvgIpc) is 3.60. The third kappa shape index (κ3) is 5.13. The molecule has 1 aliphatic carbocycles. The van der Waals surface area contributed by atoms with Gasteiger partial charge in [0, 0.05) is 31.4 Å². The van der Waals surface area contributed by atoms with Crippen LogP contribution in [0.5, 0.6) is 0 Å². The number of hydrogen-bond donors (Lipinski definition) is 1. The van der Waals surface area contributed by atoms with Gasteiger partial charge in [0.2, 0.25) is 0 Å². The molecule has 1 saturated carbocycles. The average molecular weight is 477 g/mol. The summed E-state index contributed by atoms with van der Waals surface area (Å²) in [5.74, 6) is -0.451. The molecule has 1 N–H and O–H groups in total. The molecule has 0 aromatic carbocycles. The second kappa shape index (κ2) is 10.2. The maximum atomic E-state index is 13.7. The van der Waals surface area contributed by atoms with Crippen molar-refractivity contribution in [3.8, 4) is 5.69 Å². The van der Waals surface area contributed by atoms with Gasteiger partial charge in [0.25, 0.3) is 5.91 Å². The summed E-state index contributed by atoms with van der Waals surface area (Å²) in [6, 6.07) is 5.00. The summed E-state index contributed by atoms with van der Waals surface area (Å²) >= 11 is 0. The largest absolute Gasteiger partial charge is 0.477 e. The second-order valence-electron chi connectivity index (χ2n) is 9.04. The van der Waals surface area contributed by atoms with Gasteiger partial charge in [-0.2, -0.15) is 0 Å². The maximum Gasteiger partial charge on any atom is 0.354 e. The van der Waals surface area contributed by atoms with E-state index in [1.54, 1.807) is 18.3 Å². The number of pyridine rings is 1. The van der Waals surface area contributed by atoms with E-state index in [-0.39, 0.29) is 17.6 Å². The maximum absolute atomic E-state index is 13.7. The number of carboxylic acid groups (broad SMARTS) is 1.